The van der Waals surface area contributed by atoms with Crippen LogP contribution in [-0.2, 0) is 4.79 Å². The van der Waals surface area contributed by atoms with Crippen molar-refractivity contribution in [3.63, 3.8) is 0 Å². The van der Waals surface area contributed by atoms with E-state index in [2.05, 4.69) is 30.5 Å². The number of benzene rings is 2. The number of carbonyl (C=O) groups excluding carboxylic acids is 1. The van der Waals surface area contributed by atoms with Crippen LogP contribution in [0.25, 0.3) is 0 Å². The van der Waals surface area contributed by atoms with Gasteiger partial charge in [0.1, 0.15) is 11.8 Å². The molecule has 0 aromatic heterocycles. The number of rotatable bonds is 7. The van der Waals surface area contributed by atoms with Gasteiger partial charge in [0.25, 0.3) is 0 Å². The summed E-state index contributed by atoms with van der Waals surface area (Å²) in [5, 5.41) is 6.69. The Hall–Kier alpha value is -2.20. The van der Waals surface area contributed by atoms with Gasteiger partial charge in [0, 0.05) is 11.4 Å². The molecule has 2 N–H and O–H groups in total. The van der Waals surface area contributed by atoms with Crippen LogP contribution >= 0.6 is 11.6 Å². The Labute approximate surface area is 154 Å². The lowest BCUT2D eigenvalue weighted by atomic mass is 9.97. The van der Waals surface area contributed by atoms with E-state index in [1.807, 2.05) is 31.2 Å². The fourth-order valence-corrected chi connectivity index (χ4v) is 2.83. The molecule has 0 aliphatic carbocycles. The number of para-hydroxylation sites is 1. The average Bonchev–Trinajstić information content (AvgIpc) is 2.61. The summed E-state index contributed by atoms with van der Waals surface area (Å²) in [6.07, 6.45) is 1.02. The van der Waals surface area contributed by atoms with Gasteiger partial charge in [0.05, 0.1) is 12.1 Å². The molecule has 0 saturated heterocycles. The number of methoxy groups -OCH3 is 1. The lowest BCUT2D eigenvalue weighted by Gasteiger charge is -2.19. The molecule has 2 aromatic carbocycles. The van der Waals surface area contributed by atoms with E-state index in [-0.39, 0.29) is 5.91 Å². The Balaban J connectivity index is 2.07. The minimum atomic E-state index is -0.408. The van der Waals surface area contributed by atoms with Crippen LogP contribution in [0.3, 0.4) is 0 Å². The van der Waals surface area contributed by atoms with Gasteiger partial charge in [-0.1, -0.05) is 43.6 Å². The van der Waals surface area contributed by atoms with Crippen molar-refractivity contribution >= 4 is 28.9 Å². The summed E-state index contributed by atoms with van der Waals surface area (Å²) >= 11 is 6.13. The Morgan fingerprint density at radius 3 is 2.56 bits per heavy atom. The van der Waals surface area contributed by atoms with Crippen LogP contribution < -0.4 is 15.4 Å². The predicted molar refractivity (Wildman–Crippen MR) is 105 cm³/mol. The SMILES string of the molecule is CCC(C)c1ccccc1NC(=O)C(C)Nc1ccc(OC)c(Cl)c1. The monoisotopic (exact) mass is 360 g/mol. The number of hydrogen-bond donors (Lipinski definition) is 2. The van der Waals surface area contributed by atoms with Crippen molar-refractivity contribution < 1.29 is 9.53 Å². The number of hydrogen-bond acceptors (Lipinski definition) is 3. The fourth-order valence-electron chi connectivity index (χ4n) is 2.57. The molecule has 2 atom stereocenters. The number of halogens is 1. The van der Waals surface area contributed by atoms with Crippen molar-refractivity contribution in [2.75, 3.05) is 17.7 Å². The lowest BCUT2D eigenvalue weighted by molar-refractivity contribution is -0.116. The zero-order valence-corrected chi connectivity index (χ0v) is 15.9. The molecule has 2 aromatic rings. The highest BCUT2D eigenvalue weighted by Crippen LogP contribution is 2.28. The zero-order valence-electron chi connectivity index (χ0n) is 15.1. The minimum Gasteiger partial charge on any atom is -0.495 e. The summed E-state index contributed by atoms with van der Waals surface area (Å²) in [5.41, 5.74) is 2.78. The Kier molecular flexibility index (Phi) is 6.71. The third-order valence-corrected chi connectivity index (χ3v) is 4.59. The highest BCUT2D eigenvalue weighted by Gasteiger charge is 2.16. The van der Waals surface area contributed by atoms with Crippen molar-refractivity contribution in [3.8, 4) is 5.75 Å². The Bertz CT molecular complexity index is 733. The maximum absolute atomic E-state index is 12.6. The topological polar surface area (TPSA) is 50.4 Å². The molecule has 0 fully saturated rings. The van der Waals surface area contributed by atoms with Crippen molar-refractivity contribution in [3.05, 3.63) is 53.1 Å². The standard InChI is InChI=1S/C20H25ClN2O2/c1-5-13(2)16-8-6-7-9-18(16)23-20(24)14(3)22-15-10-11-19(25-4)17(21)12-15/h6-14,22H,5H2,1-4H3,(H,23,24). The number of carbonyl (C=O) groups is 1. The maximum atomic E-state index is 12.6. The van der Waals surface area contributed by atoms with Gasteiger partial charge >= 0.3 is 0 Å². The Morgan fingerprint density at radius 1 is 1.20 bits per heavy atom. The molecule has 1 amide bonds. The lowest BCUT2D eigenvalue weighted by Crippen LogP contribution is -2.32. The van der Waals surface area contributed by atoms with E-state index >= 15 is 0 Å². The number of amides is 1. The third-order valence-electron chi connectivity index (χ3n) is 4.29. The first-order valence-corrected chi connectivity index (χ1v) is 8.83. The molecule has 0 aliphatic heterocycles. The second kappa shape index (κ2) is 8.77. The smallest absolute Gasteiger partial charge is 0.246 e. The molecule has 5 heteroatoms. The zero-order chi connectivity index (χ0) is 18.4. The number of ether oxygens (including phenoxy) is 1. The molecule has 0 spiro atoms. The quantitative estimate of drug-likeness (QED) is 0.704. The molecule has 0 bridgehead atoms. The van der Waals surface area contributed by atoms with Crippen LogP contribution in [0, 0.1) is 0 Å². The van der Waals surface area contributed by atoms with Crippen LogP contribution in [0.4, 0.5) is 11.4 Å². The number of anilines is 2. The molecule has 2 rings (SSSR count). The van der Waals surface area contributed by atoms with Crippen molar-refractivity contribution in [2.45, 2.75) is 39.2 Å². The van der Waals surface area contributed by atoms with E-state index in [0.29, 0.717) is 16.7 Å². The first-order chi connectivity index (χ1) is 12.0. The van der Waals surface area contributed by atoms with Gasteiger partial charge < -0.3 is 15.4 Å². The van der Waals surface area contributed by atoms with E-state index in [1.54, 1.807) is 19.2 Å². The first-order valence-electron chi connectivity index (χ1n) is 8.46. The molecule has 134 valence electrons. The summed E-state index contributed by atoms with van der Waals surface area (Å²) in [4.78, 5) is 12.6. The third kappa shape index (κ3) is 4.89. The molecule has 25 heavy (non-hydrogen) atoms. The van der Waals surface area contributed by atoms with Gasteiger partial charge in [0.2, 0.25) is 5.91 Å². The summed E-state index contributed by atoms with van der Waals surface area (Å²) in [7, 11) is 1.57. The Morgan fingerprint density at radius 2 is 1.92 bits per heavy atom. The molecule has 4 nitrogen and oxygen atoms in total. The van der Waals surface area contributed by atoms with E-state index in [1.165, 1.54) is 0 Å². The maximum Gasteiger partial charge on any atom is 0.246 e. The van der Waals surface area contributed by atoms with Crippen LogP contribution in [0.15, 0.2) is 42.5 Å². The van der Waals surface area contributed by atoms with Gasteiger partial charge in [-0.05, 0) is 49.1 Å². The van der Waals surface area contributed by atoms with Gasteiger partial charge in [-0.2, -0.15) is 0 Å². The molecular weight excluding hydrogens is 336 g/mol. The average molecular weight is 361 g/mol. The molecular formula is C20H25ClN2O2. The number of nitrogens with one attached hydrogen (secondary N) is 2. The van der Waals surface area contributed by atoms with Crippen LogP contribution in [-0.4, -0.2) is 19.1 Å². The summed E-state index contributed by atoms with van der Waals surface area (Å²) in [6.45, 7) is 6.12. The van der Waals surface area contributed by atoms with E-state index in [9.17, 15) is 4.79 Å². The molecule has 0 saturated carbocycles. The van der Waals surface area contributed by atoms with Crippen molar-refractivity contribution in [2.24, 2.45) is 0 Å². The summed E-state index contributed by atoms with van der Waals surface area (Å²) < 4.78 is 5.14. The van der Waals surface area contributed by atoms with Gasteiger partial charge in [-0.3, -0.25) is 4.79 Å². The highest BCUT2D eigenvalue weighted by molar-refractivity contribution is 6.32. The van der Waals surface area contributed by atoms with Crippen LogP contribution in [0.2, 0.25) is 5.02 Å². The van der Waals surface area contributed by atoms with E-state index in [4.69, 9.17) is 16.3 Å². The van der Waals surface area contributed by atoms with Gasteiger partial charge in [-0.15, -0.1) is 0 Å². The largest absolute Gasteiger partial charge is 0.495 e. The van der Waals surface area contributed by atoms with Crippen LogP contribution in [0.5, 0.6) is 5.75 Å². The molecule has 0 heterocycles. The normalized spacial score (nSPS) is 13.0. The first kappa shape index (κ1) is 19.1. The second-order valence-corrected chi connectivity index (χ2v) is 6.51. The second-order valence-electron chi connectivity index (χ2n) is 6.10. The van der Waals surface area contributed by atoms with Crippen LogP contribution in [0.1, 0.15) is 38.7 Å². The molecule has 2 unspecified atom stereocenters. The molecule has 0 radical (unpaired) electrons. The summed E-state index contributed by atoms with van der Waals surface area (Å²) in [6, 6.07) is 12.9. The predicted octanol–water partition coefficient (Wildman–Crippen LogP) is 5.30. The highest BCUT2D eigenvalue weighted by atomic mass is 35.5. The van der Waals surface area contributed by atoms with Crippen molar-refractivity contribution in [1.82, 2.24) is 0 Å². The van der Waals surface area contributed by atoms with Crippen molar-refractivity contribution in [1.29, 1.82) is 0 Å². The van der Waals surface area contributed by atoms with E-state index in [0.717, 1.165) is 23.4 Å². The summed E-state index contributed by atoms with van der Waals surface area (Å²) in [5.74, 6) is 0.898. The molecule has 0 aliphatic rings. The van der Waals surface area contributed by atoms with Gasteiger partial charge in [0.15, 0.2) is 0 Å². The van der Waals surface area contributed by atoms with E-state index < -0.39 is 6.04 Å². The minimum absolute atomic E-state index is 0.0947. The van der Waals surface area contributed by atoms with Gasteiger partial charge in [-0.25, -0.2) is 0 Å². The fraction of sp³-hybridized carbons (Fsp3) is 0.350.